The summed E-state index contributed by atoms with van der Waals surface area (Å²) in [5.41, 5.74) is -0.0638. The molecule has 1 aromatic rings. The van der Waals surface area contributed by atoms with Crippen molar-refractivity contribution in [3.8, 4) is 0 Å². The van der Waals surface area contributed by atoms with E-state index in [4.69, 9.17) is 9.84 Å². The monoisotopic (exact) mass is 315 g/mol. The summed E-state index contributed by atoms with van der Waals surface area (Å²) in [4.78, 5) is 10.8. The lowest BCUT2D eigenvalue weighted by Gasteiger charge is -2.09. The van der Waals surface area contributed by atoms with Gasteiger partial charge in [-0.3, -0.25) is 0 Å². The molecule has 0 saturated carbocycles. The third-order valence-electron chi connectivity index (χ3n) is 2.77. The fourth-order valence-corrected chi connectivity index (χ4v) is 2.61. The molecule has 0 aliphatic heterocycles. The fourth-order valence-electron chi connectivity index (χ4n) is 1.55. The van der Waals surface area contributed by atoms with Crippen LogP contribution < -0.4 is 4.72 Å². The van der Waals surface area contributed by atoms with Crippen LogP contribution in [-0.2, 0) is 14.8 Å². The maximum atomic E-state index is 12.0. The molecule has 7 heteroatoms. The molecule has 6 nitrogen and oxygen atoms in total. The van der Waals surface area contributed by atoms with Crippen molar-refractivity contribution in [2.75, 3.05) is 19.8 Å². The van der Waals surface area contributed by atoms with Crippen LogP contribution in [0.3, 0.4) is 0 Å². The molecule has 0 amide bonds. The molecule has 0 aromatic heterocycles. The number of sulfonamides is 1. The van der Waals surface area contributed by atoms with Gasteiger partial charge in [0.2, 0.25) is 10.0 Å². The van der Waals surface area contributed by atoms with Gasteiger partial charge in [-0.25, -0.2) is 17.9 Å². The second-order valence-corrected chi connectivity index (χ2v) is 6.79. The largest absolute Gasteiger partial charge is 0.478 e. The number of hydrogen-bond donors (Lipinski definition) is 2. The standard InChI is InChI=1S/C14H21NO5S/c1-11(2)6-8-20-9-7-15-21(18,19)13-5-3-4-12(10-13)14(16)17/h3-5,10-11,15H,6-9H2,1-2H3,(H,16,17). The van der Waals surface area contributed by atoms with Crippen LogP contribution in [0.25, 0.3) is 0 Å². The van der Waals surface area contributed by atoms with Gasteiger partial charge in [-0.1, -0.05) is 19.9 Å². The molecular weight excluding hydrogens is 294 g/mol. The topological polar surface area (TPSA) is 92.7 Å². The third-order valence-corrected chi connectivity index (χ3v) is 4.23. The number of carbonyl (C=O) groups is 1. The molecule has 2 N–H and O–H groups in total. The van der Waals surface area contributed by atoms with Gasteiger partial charge in [0.15, 0.2) is 0 Å². The van der Waals surface area contributed by atoms with Crippen LogP contribution in [0.1, 0.15) is 30.6 Å². The van der Waals surface area contributed by atoms with Crippen LogP contribution in [0, 0.1) is 5.92 Å². The molecular formula is C14H21NO5S. The first-order valence-electron chi connectivity index (χ1n) is 6.73. The van der Waals surface area contributed by atoms with Gasteiger partial charge in [0.25, 0.3) is 0 Å². The van der Waals surface area contributed by atoms with E-state index in [1.54, 1.807) is 0 Å². The first-order valence-corrected chi connectivity index (χ1v) is 8.22. The lowest BCUT2D eigenvalue weighted by molar-refractivity contribution is 0.0696. The van der Waals surface area contributed by atoms with Crippen LogP contribution in [0.5, 0.6) is 0 Å². The summed E-state index contributed by atoms with van der Waals surface area (Å²) in [7, 11) is -3.71. The molecule has 0 aliphatic carbocycles. The minimum absolute atomic E-state index is 0.0638. The van der Waals surface area contributed by atoms with Gasteiger partial charge < -0.3 is 9.84 Å². The maximum Gasteiger partial charge on any atom is 0.335 e. The predicted molar refractivity (Wildman–Crippen MR) is 78.9 cm³/mol. The predicted octanol–water partition coefficient (Wildman–Crippen LogP) is 1.73. The highest BCUT2D eigenvalue weighted by Gasteiger charge is 2.15. The van der Waals surface area contributed by atoms with Gasteiger partial charge in [0, 0.05) is 13.2 Å². The first-order chi connectivity index (χ1) is 9.83. The van der Waals surface area contributed by atoms with E-state index in [9.17, 15) is 13.2 Å². The van der Waals surface area contributed by atoms with Gasteiger partial charge in [0.05, 0.1) is 17.1 Å². The fraction of sp³-hybridized carbons (Fsp3) is 0.500. The Bertz CT molecular complexity index is 568. The van der Waals surface area contributed by atoms with Crippen molar-refractivity contribution < 1.29 is 23.1 Å². The molecule has 21 heavy (non-hydrogen) atoms. The van der Waals surface area contributed by atoms with E-state index in [0.717, 1.165) is 12.5 Å². The Labute approximate surface area is 125 Å². The lowest BCUT2D eigenvalue weighted by Crippen LogP contribution is -2.27. The molecule has 0 bridgehead atoms. The van der Waals surface area contributed by atoms with E-state index in [-0.39, 0.29) is 23.6 Å². The molecule has 0 heterocycles. The summed E-state index contributed by atoms with van der Waals surface area (Å²) >= 11 is 0. The van der Waals surface area contributed by atoms with Gasteiger partial charge in [-0.15, -0.1) is 0 Å². The molecule has 0 aliphatic rings. The molecule has 1 rings (SSSR count). The van der Waals surface area contributed by atoms with Crippen molar-refractivity contribution in [3.63, 3.8) is 0 Å². The normalized spacial score (nSPS) is 11.8. The van der Waals surface area contributed by atoms with Crippen molar-refractivity contribution in [3.05, 3.63) is 29.8 Å². The van der Waals surface area contributed by atoms with Crippen LogP contribution in [0.4, 0.5) is 0 Å². The Morgan fingerprint density at radius 2 is 2.05 bits per heavy atom. The summed E-state index contributed by atoms with van der Waals surface area (Å²) < 4.78 is 31.7. The van der Waals surface area contributed by atoms with E-state index in [1.165, 1.54) is 18.2 Å². The maximum absolute atomic E-state index is 12.0. The Hall–Kier alpha value is -1.44. The number of carboxylic acid groups (broad SMARTS) is 1. The van der Waals surface area contributed by atoms with Crippen molar-refractivity contribution in [1.29, 1.82) is 0 Å². The quantitative estimate of drug-likeness (QED) is 0.677. The molecule has 0 saturated heterocycles. The molecule has 0 fully saturated rings. The number of hydrogen-bond acceptors (Lipinski definition) is 4. The second kappa shape index (κ2) is 8.11. The third kappa shape index (κ3) is 6.24. The minimum atomic E-state index is -3.71. The van der Waals surface area contributed by atoms with Crippen molar-refractivity contribution >= 4 is 16.0 Å². The molecule has 0 spiro atoms. The van der Waals surface area contributed by atoms with Crippen LogP contribution in [0.2, 0.25) is 0 Å². The van der Waals surface area contributed by atoms with E-state index in [2.05, 4.69) is 18.6 Å². The Morgan fingerprint density at radius 3 is 2.67 bits per heavy atom. The number of benzene rings is 1. The van der Waals surface area contributed by atoms with Gasteiger partial charge >= 0.3 is 5.97 Å². The van der Waals surface area contributed by atoms with E-state index >= 15 is 0 Å². The zero-order valence-electron chi connectivity index (χ0n) is 12.2. The number of nitrogens with one attached hydrogen (secondary N) is 1. The van der Waals surface area contributed by atoms with E-state index in [1.807, 2.05) is 0 Å². The van der Waals surface area contributed by atoms with E-state index in [0.29, 0.717) is 12.5 Å². The lowest BCUT2D eigenvalue weighted by atomic mass is 10.1. The summed E-state index contributed by atoms with van der Waals surface area (Å²) in [6.07, 6.45) is 0.924. The minimum Gasteiger partial charge on any atom is -0.478 e. The van der Waals surface area contributed by atoms with Gasteiger partial charge in [-0.2, -0.15) is 0 Å². The first kappa shape index (κ1) is 17.6. The van der Waals surface area contributed by atoms with Gasteiger partial charge in [0.1, 0.15) is 0 Å². The smallest absolute Gasteiger partial charge is 0.335 e. The summed E-state index contributed by atoms with van der Waals surface area (Å²) in [6, 6.07) is 5.23. The Kier molecular flexibility index (Phi) is 6.80. The Balaban J connectivity index is 2.50. The SMILES string of the molecule is CC(C)CCOCCNS(=O)(=O)c1cccc(C(=O)O)c1. The number of ether oxygens (including phenoxy) is 1. The number of carboxylic acids is 1. The summed E-state index contributed by atoms with van der Waals surface area (Å²) in [6.45, 7) is 5.19. The molecule has 118 valence electrons. The highest BCUT2D eigenvalue weighted by Crippen LogP contribution is 2.11. The average molecular weight is 315 g/mol. The summed E-state index contributed by atoms with van der Waals surface area (Å²) in [5, 5.41) is 8.86. The van der Waals surface area contributed by atoms with Crippen molar-refractivity contribution in [2.24, 2.45) is 5.92 Å². The van der Waals surface area contributed by atoms with E-state index < -0.39 is 16.0 Å². The highest BCUT2D eigenvalue weighted by atomic mass is 32.2. The van der Waals surface area contributed by atoms with Crippen LogP contribution in [0.15, 0.2) is 29.2 Å². The molecule has 1 aromatic carbocycles. The van der Waals surface area contributed by atoms with Crippen LogP contribution in [-0.4, -0.2) is 39.3 Å². The van der Waals surface area contributed by atoms with Gasteiger partial charge in [-0.05, 0) is 30.5 Å². The highest BCUT2D eigenvalue weighted by molar-refractivity contribution is 7.89. The summed E-state index contributed by atoms with van der Waals surface area (Å²) in [5.74, 6) is -0.621. The van der Waals surface area contributed by atoms with Crippen LogP contribution >= 0.6 is 0 Å². The zero-order valence-corrected chi connectivity index (χ0v) is 13.0. The zero-order chi connectivity index (χ0) is 15.9. The molecule has 0 atom stereocenters. The van der Waals surface area contributed by atoms with Crippen molar-refractivity contribution in [2.45, 2.75) is 25.2 Å². The average Bonchev–Trinajstić information content (AvgIpc) is 2.42. The molecule has 0 radical (unpaired) electrons. The Morgan fingerprint density at radius 1 is 1.33 bits per heavy atom. The number of rotatable bonds is 9. The number of aromatic carboxylic acids is 1. The molecule has 0 unspecified atom stereocenters. The van der Waals surface area contributed by atoms with Crippen molar-refractivity contribution in [1.82, 2.24) is 4.72 Å². The second-order valence-electron chi connectivity index (χ2n) is 5.03.